The molecule has 1 aliphatic rings. The molecule has 1 fully saturated rings. The molecule has 0 bridgehead atoms. The number of pyridine rings is 1. The topological polar surface area (TPSA) is 62.3 Å². The first kappa shape index (κ1) is 19.3. The van der Waals surface area contributed by atoms with E-state index in [0.717, 1.165) is 11.3 Å². The molecule has 0 spiro atoms. The molecule has 1 aliphatic heterocycles. The van der Waals surface area contributed by atoms with Gasteiger partial charge in [0.15, 0.2) is 0 Å². The molecule has 6 heteroatoms. The predicted octanol–water partition coefficient (Wildman–Crippen LogP) is 3.98. The number of rotatable bonds is 5. The highest BCUT2D eigenvalue weighted by molar-refractivity contribution is 7.13. The molecule has 1 N–H and O–H groups in total. The minimum absolute atomic E-state index is 0.0371. The highest BCUT2D eigenvalue weighted by Crippen LogP contribution is 2.25. The van der Waals surface area contributed by atoms with Crippen LogP contribution in [-0.4, -0.2) is 34.8 Å². The fourth-order valence-corrected chi connectivity index (χ4v) is 4.30. The summed E-state index contributed by atoms with van der Waals surface area (Å²) in [7, 11) is 0. The zero-order chi connectivity index (χ0) is 20.1. The van der Waals surface area contributed by atoms with Crippen LogP contribution in [-0.2, 0) is 11.3 Å². The normalized spacial score (nSPS) is 14.6. The second-order valence-corrected chi connectivity index (χ2v) is 8.11. The van der Waals surface area contributed by atoms with Gasteiger partial charge in [-0.05, 0) is 54.1 Å². The quantitative estimate of drug-likeness (QED) is 0.698. The van der Waals surface area contributed by atoms with Crippen molar-refractivity contribution in [1.29, 1.82) is 0 Å². The number of aromatic nitrogens is 1. The fourth-order valence-electron chi connectivity index (χ4n) is 3.57. The van der Waals surface area contributed by atoms with Crippen LogP contribution in [0.4, 0.5) is 0 Å². The lowest BCUT2D eigenvalue weighted by atomic mass is 9.95. The van der Waals surface area contributed by atoms with Crippen molar-refractivity contribution in [3.05, 3.63) is 77.4 Å². The Labute approximate surface area is 174 Å². The van der Waals surface area contributed by atoms with Crippen LogP contribution in [0.25, 0.3) is 10.4 Å². The predicted molar refractivity (Wildman–Crippen MR) is 114 cm³/mol. The summed E-state index contributed by atoms with van der Waals surface area (Å²) in [6, 6.07) is 17.5. The van der Waals surface area contributed by atoms with Gasteiger partial charge in [0, 0.05) is 35.6 Å². The number of nitrogens with one attached hydrogen (secondary N) is 1. The van der Waals surface area contributed by atoms with Crippen LogP contribution in [0.2, 0.25) is 0 Å². The van der Waals surface area contributed by atoms with Gasteiger partial charge in [0.2, 0.25) is 5.91 Å². The van der Waals surface area contributed by atoms with Crippen molar-refractivity contribution in [2.45, 2.75) is 19.4 Å². The van der Waals surface area contributed by atoms with Crippen molar-refractivity contribution in [2.75, 3.05) is 13.1 Å². The van der Waals surface area contributed by atoms with Crippen molar-refractivity contribution >= 4 is 23.2 Å². The minimum Gasteiger partial charge on any atom is -0.350 e. The summed E-state index contributed by atoms with van der Waals surface area (Å²) in [6.07, 6.45) is 3.10. The molecule has 2 aromatic heterocycles. The van der Waals surface area contributed by atoms with E-state index >= 15 is 0 Å². The summed E-state index contributed by atoms with van der Waals surface area (Å²) in [5, 5.41) is 5.01. The third-order valence-electron chi connectivity index (χ3n) is 5.26. The zero-order valence-electron chi connectivity index (χ0n) is 16.1. The van der Waals surface area contributed by atoms with E-state index in [1.165, 1.54) is 4.88 Å². The van der Waals surface area contributed by atoms with E-state index in [2.05, 4.69) is 16.4 Å². The summed E-state index contributed by atoms with van der Waals surface area (Å²) < 4.78 is 0. The number of amides is 2. The molecular formula is C23H23N3O2S. The molecule has 2 amide bonds. The van der Waals surface area contributed by atoms with Crippen LogP contribution < -0.4 is 5.32 Å². The van der Waals surface area contributed by atoms with Crippen LogP contribution in [0, 0.1) is 5.92 Å². The SMILES string of the molecule is O=C(NCc1ccccn1)C1CCN(C(=O)c2ccc(-c3cccs3)cc2)CC1. The minimum atomic E-state index is -0.0519. The molecule has 3 heterocycles. The second kappa shape index (κ2) is 9.01. The maximum absolute atomic E-state index is 12.8. The fraction of sp³-hybridized carbons (Fsp3) is 0.261. The van der Waals surface area contributed by atoms with Gasteiger partial charge in [-0.15, -0.1) is 11.3 Å². The molecule has 0 radical (unpaired) electrons. The maximum Gasteiger partial charge on any atom is 0.253 e. The van der Waals surface area contributed by atoms with Crippen molar-refractivity contribution in [1.82, 2.24) is 15.2 Å². The van der Waals surface area contributed by atoms with Gasteiger partial charge in [0.05, 0.1) is 12.2 Å². The lowest BCUT2D eigenvalue weighted by Gasteiger charge is -2.31. The standard InChI is InChI=1S/C23H23N3O2S/c27-22(25-16-20-4-1-2-12-24-20)18-10-13-26(14-11-18)23(28)19-8-6-17(7-9-19)21-5-3-15-29-21/h1-9,12,15,18H,10-11,13-14,16H2,(H,25,27). The van der Waals surface area contributed by atoms with E-state index in [-0.39, 0.29) is 17.7 Å². The Morgan fingerprint density at radius 2 is 1.83 bits per heavy atom. The highest BCUT2D eigenvalue weighted by Gasteiger charge is 2.27. The smallest absolute Gasteiger partial charge is 0.253 e. The molecule has 5 nitrogen and oxygen atoms in total. The zero-order valence-corrected chi connectivity index (χ0v) is 16.9. The van der Waals surface area contributed by atoms with Gasteiger partial charge in [-0.2, -0.15) is 0 Å². The summed E-state index contributed by atoms with van der Waals surface area (Å²) in [6.45, 7) is 1.65. The van der Waals surface area contributed by atoms with Crippen molar-refractivity contribution in [3.8, 4) is 10.4 Å². The molecule has 0 unspecified atom stereocenters. The Bertz CT molecular complexity index is 948. The largest absolute Gasteiger partial charge is 0.350 e. The maximum atomic E-state index is 12.8. The summed E-state index contributed by atoms with van der Waals surface area (Å²) in [5.41, 5.74) is 2.67. The van der Waals surface area contributed by atoms with Gasteiger partial charge in [-0.25, -0.2) is 0 Å². The Balaban J connectivity index is 1.28. The average Bonchev–Trinajstić information content (AvgIpc) is 3.33. The van der Waals surface area contributed by atoms with E-state index in [4.69, 9.17) is 0 Å². The number of piperidine rings is 1. The van der Waals surface area contributed by atoms with Gasteiger partial charge in [-0.3, -0.25) is 14.6 Å². The Morgan fingerprint density at radius 3 is 2.48 bits per heavy atom. The molecule has 1 aromatic carbocycles. The number of thiophene rings is 1. The van der Waals surface area contributed by atoms with Crippen LogP contribution >= 0.6 is 11.3 Å². The van der Waals surface area contributed by atoms with E-state index in [9.17, 15) is 9.59 Å². The lowest BCUT2D eigenvalue weighted by Crippen LogP contribution is -2.43. The summed E-state index contributed by atoms with van der Waals surface area (Å²) in [4.78, 5) is 32.5. The first-order chi connectivity index (χ1) is 14.2. The van der Waals surface area contributed by atoms with E-state index in [0.29, 0.717) is 38.0 Å². The van der Waals surface area contributed by atoms with Gasteiger partial charge in [0.1, 0.15) is 0 Å². The molecule has 3 aromatic rings. The third kappa shape index (κ3) is 4.71. The first-order valence-corrected chi connectivity index (χ1v) is 10.7. The Morgan fingerprint density at radius 1 is 1.03 bits per heavy atom. The average molecular weight is 406 g/mol. The molecule has 148 valence electrons. The van der Waals surface area contributed by atoms with Gasteiger partial charge >= 0.3 is 0 Å². The van der Waals surface area contributed by atoms with Crippen LogP contribution in [0.5, 0.6) is 0 Å². The summed E-state index contributed by atoms with van der Waals surface area (Å²) in [5.74, 6) is 0.0297. The first-order valence-electron chi connectivity index (χ1n) is 9.81. The number of benzene rings is 1. The van der Waals surface area contributed by atoms with Gasteiger partial charge < -0.3 is 10.2 Å². The van der Waals surface area contributed by atoms with Gasteiger partial charge in [0.25, 0.3) is 5.91 Å². The third-order valence-corrected chi connectivity index (χ3v) is 6.18. The molecule has 0 saturated carbocycles. The van der Waals surface area contributed by atoms with Crippen LogP contribution in [0.3, 0.4) is 0 Å². The molecule has 0 aliphatic carbocycles. The number of hydrogen-bond donors (Lipinski definition) is 1. The second-order valence-electron chi connectivity index (χ2n) is 7.16. The highest BCUT2D eigenvalue weighted by atomic mass is 32.1. The molecular weight excluding hydrogens is 382 g/mol. The number of hydrogen-bond acceptors (Lipinski definition) is 4. The van der Waals surface area contributed by atoms with Crippen molar-refractivity contribution in [3.63, 3.8) is 0 Å². The van der Waals surface area contributed by atoms with E-state index in [1.807, 2.05) is 58.8 Å². The summed E-state index contributed by atoms with van der Waals surface area (Å²) >= 11 is 1.69. The number of likely N-dealkylation sites (tertiary alicyclic amines) is 1. The van der Waals surface area contributed by atoms with Crippen LogP contribution in [0.15, 0.2) is 66.2 Å². The monoisotopic (exact) mass is 405 g/mol. The van der Waals surface area contributed by atoms with E-state index < -0.39 is 0 Å². The Hall–Kier alpha value is -2.99. The molecule has 0 atom stereocenters. The van der Waals surface area contributed by atoms with Crippen molar-refractivity contribution < 1.29 is 9.59 Å². The van der Waals surface area contributed by atoms with E-state index in [1.54, 1.807) is 17.5 Å². The van der Waals surface area contributed by atoms with Crippen molar-refractivity contribution in [2.24, 2.45) is 5.92 Å². The van der Waals surface area contributed by atoms with Crippen LogP contribution in [0.1, 0.15) is 28.9 Å². The Kier molecular flexibility index (Phi) is 6.00. The molecule has 4 rings (SSSR count). The number of carbonyl (C=O) groups excluding carboxylic acids is 2. The molecule has 29 heavy (non-hydrogen) atoms. The van der Waals surface area contributed by atoms with Gasteiger partial charge in [-0.1, -0.05) is 24.3 Å². The lowest BCUT2D eigenvalue weighted by molar-refractivity contribution is -0.126. The number of nitrogens with zero attached hydrogens (tertiary/aromatic N) is 2. The molecule has 1 saturated heterocycles. The number of carbonyl (C=O) groups is 2.